The van der Waals surface area contributed by atoms with E-state index >= 15 is 0 Å². The lowest BCUT2D eigenvalue weighted by Crippen LogP contribution is -2.47. The molecule has 0 aromatic heterocycles. The first-order valence-corrected chi connectivity index (χ1v) is 5.99. The van der Waals surface area contributed by atoms with Crippen LogP contribution in [0.4, 0.5) is 0 Å². The quantitative estimate of drug-likeness (QED) is 0.744. The van der Waals surface area contributed by atoms with Crippen LogP contribution in [0.2, 0.25) is 0 Å². The van der Waals surface area contributed by atoms with Crippen molar-refractivity contribution < 1.29 is 0 Å². The lowest BCUT2D eigenvalue weighted by molar-refractivity contribution is 0.196. The minimum absolute atomic E-state index is 0.374. The summed E-state index contributed by atoms with van der Waals surface area (Å²) >= 11 is 0. The molecular formula is C12H26N2. The molecule has 0 aromatic rings. The van der Waals surface area contributed by atoms with Crippen LogP contribution in [-0.4, -0.2) is 37.1 Å². The Balaban J connectivity index is 2.41. The van der Waals surface area contributed by atoms with Crippen molar-refractivity contribution in [2.45, 2.75) is 46.6 Å². The zero-order valence-electron chi connectivity index (χ0n) is 10.3. The van der Waals surface area contributed by atoms with E-state index in [-0.39, 0.29) is 0 Å². The summed E-state index contributed by atoms with van der Waals surface area (Å²) in [7, 11) is 0. The van der Waals surface area contributed by atoms with E-state index < -0.39 is 0 Å². The first-order chi connectivity index (χ1) is 6.54. The molecule has 1 aliphatic heterocycles. The molecule has 0 aromatic carbocycles. The minimum atomic E-state index is 0.374. The fourth-order valence-corrected chi connectivity index (χ4v) is 2.11. The van der Waals surface area contributed by atoms with Gasteiger partial charge >= 0.3 is 0 Å². The molecule has 1 atom stereocenters. The summed E-state index contributed by atoms with van der Waals surface area (Å²) in [4.78, 5) is 2.60. The first-order valence-electron chi connectivity index (χ1n) is 5.99. The van der Waals surface area contributed by atoms with Crippen LogP contribution in [0.3, 0.4) is 0 Å². The predicted octanol–water partition coefficient (Wildman–Crippen LogP) is 2.11. The summed E-state index contributed by atoms with van der Waals surface area (Å²) in [6.07, 6.45) is 2.78. The number of likely N-dealkylation sites (N-methyl/N-ethyl adjacent to an activating group) is 1. The lowest BCUT2D eigenvalue weighted by Gasteiger charge is -2.34. The Labute approximate surface area is 89.1 Å². The van der Waals surface area contributed by atoms with Crippen molar-refractivity contribution in [1.29, 1.82) is 0 Å². The monoisotopic (exact) mass is 198 g/mol. The smallest absolute Gasteiger partial charge is 0.0243 e. The van der Waals surface area contributed by atoms with Crippen molar-refractivity contribution in [3.63, 3.8) is 0 Å². The van der Waals surface area contributed by atoms with Crippen LogP contribution < -0.4 is 5.32 Å². The molecule has 14 heavy (non-hydrogen) atoms. The predicted molar refractivity (Wildman–Crippen MR) is 62.6 cm³/mol. The summed E-state index contributed by atoms with van der Waals surface area (Å²) < 4.78 is 0. The van der Waals surface area contributed by atoms with Gasteiger partial charge in [0, 0.05) is 12.6 Å². The largest absolute Gasteiger partial charge is 0.312 e. The van der Waals surface area contributed by atoms with Crippen LogP contribution in [0.5, 0.6) is 0 Å². The maximum absolute atomic E-state index is 3.61. The Kier molecular flexibility index (Phi) is 4.39. The van der Waals surface area contributed by atoms with Crippen molar-refractivity contribution in [3.8, 4) is 0 Å². The second kappa shape index (κ2) is 5.13. The molecule has 1 fully saturated rings. The molecule has 0 radical (unpaired) electrons. The third kappa shape index (κ3) is 3.58. The van der Waals surface area contributed by atoms with Gasteiger partial charge in [0.05, 0.1) is 0 Å². The Morgan fingerprint density at radius 1 is 1.21 bits per heavy atom. The van der Waals surface area contributed by atoms with E-state index in [0.29, 0.717) is 11.5 Å². The highest BCUT2D eigenvalue weighted by atomic mass is 15.2. The zero-order chi connectivity index (χ0) is 10.6. The number of likely N-dealkylation sites (tertiary alicyclic amines) is 1. The van der Waals surface area contributed by atoms with E-state index in [9.17, 15) is 0 Å². The van der Waals surface area contributed by atoms with Gasteiger partial charge in [-0.1, -0.05) is 27.7 Å². The summed E-state index contributed by atoms with van der Waals surface area (Å²) in [5, 5.41) is 3.61. The van der Waals surface area contributed by atoms with Crippen molar-refractivity contribution in [1.82, 2.24) is 10.2 Å². The highest BCUT2D eigenvalue weighted by Crippen LogP contribution is 2.21. The number of rotatable bonds is 4. The molecule has 0 amide bonds. The van der Waals surface area contributed by atoms with Gasteiger partial charge in [0.1, 0.15) is 0 Å². The van der Waals surface area contributed by atoms with E-state index in [2.05, 4.69) is 37.9 Å². The third-order valence-corrected chi connectivity index (χ3v) is 3.14. The maximum atomic E-state index is 3.61. The topological polar surface area (TPSA) is 15.3 Å². The van der Waals surface area contributed by atoms with E-state index in [1.54, 1.807) is 0 Å². The molecule has 84 valence electrons. The molecule has 2 nitrogen and oxygen atoms in total. The van der Waals surface area contributed by atoms with E-state index in [0.717, 1.165) is 6.54 Å². The third-order valence-electron chi connectivity index (χ3n) is 3.14. The molecule has 1 heterocycles. The number of nitrogens with one attached hydrogen (secondary N) is 1. The normalized spacial score (nSPS) is 21.4. The first kappa shape index (κ1) is 12.0. The zero-order valence-corrected chi connectivity index (χ0v) is 10.3. The molecule has 1 N–H and O–H groups in total. The molecule has 1 saturated heterocycles. The van der Waals surface area contributed by atoms with Crippen LogP contribution in [0.15, 0.2) is 0 Å². The standard InChI is InChI=1S/C12H26N2/c1-5-13-11(12(2,3)4)10-14-8-6-7-9-14/h11,13H,5-10H2,1-4H3. The second-order valence-corrected chi connectivity index (χ2v) is 5.48. The Bertz CT molecular complexity index is 154. The highest BCUT2D eigenvalue weighted by molar-refractivity contribution is 4.84. The van der Waals surface area contributed by atoms with Gasteiger partial charge in [-0.3, -0.25) is 0 Å². The number of nitrogens with zero attached hydrogens (tertiary/aromatic N) is 1. The van der Waals surface area contributed by atoms with Gasteiger partial charge in [-0.15, -0.1) is 0 Å². The SMILES string of the molecule is CCNC(CN1CCCC1)C(C)(C)C. The van der Waals surface area contributed by atoms with Gasteiger partial charge in [-0.25, -0.2) is 0 Å². The van der Waals surface area contributed by atoms with Gasteiger partial charge < -0.3 is 10.2 Å². The summed E-state index contributed by atoms with van der Waals surface area (Å²) in [6.45, 7) is 14.1. The number of hydrogen-bond acceptors (Lipinski definition) is 2. The van der Waals surface area contributed by atoms with Crippen molar-refractivity contribution >= 4 is 0 Å². The average Bonchev–Trinajstić information content (AvgIpc) is 2.54. The van der Waals surface area contributed by atoms with Crippen LogP contribution >= 0.6 is 0 Å². The Hall–Kier alpha value is -0.0800. The molecule has 0 spiro atoms. The summed E-state index contributed by atoms with van der Waals surface area (Å²) in [6, 6.07) is 0.630. The molecule has 1 aliphatic rings. The molecular weight excluding hydrogens is 172 g/mol. The lowest BCUT2D eigenvalue weighted by atomic mass is 9.86. The van der Waals surface area contributed by atoms with Gasteiger partial charge in [-0.05, 0) is 37.9 Å². The molecule has 1 rings (SSSR count). The highest BCUT2D eigenvalue weighted by Gasteiger charge is 2.26. The van der Waals surface area contributed by atoms with Crippen molar-refractivity contribution in [2.75, 3.05) is 26.2 Å². The van der Waals surface area contributed by atoms with E-state index in [4.69, 9.17) is 0 Å². The molecule has 0 bridgehead atoms. The van der Waals surface area contributed by atoms with Crippen molar-refractivity contribution in [3.05, 3.63) is 0 Å². The van der Waals surface area contributed by atoms with Crippen LogP contribution in [-0.2, 0) is 0 Å². The van der Waals surface area contributed by atoms with E-state index in [1.165, 1.54) is 32.5 Å². The maximum Gasteiger partial charge on any atom is 0.0243 e. The van der Waals surface area contributed by atoms with Gasteiger partial charge in [0.15, 0.2) is 0 Å². The van der Waals surface area contributed by atoms with Crippen LogP contribution in [0, 0.1) is 5.41 Å². The molecule has 0 aliphatic carbocycles. The minimum Gasteiger partial charge on any atom is -0.312 e. The summed E-state index contributed by atoms with van der Waals surface area (Å²) in [5.74, 6) is 0. The summed E-state index contributed by atoms with van der Waals surface area (Å²) in [5.41, 5.74) is 0.374. The van der Waals surface area contributed by atoms with Gasteiger partial charge in [0.2, 0.25) is 0 Å². The molecule has 1 unspecified atom stereocenters. The molecule has 2 heteroatoms. The van der Waals surface area contributed by atoms with Crippen LogP contribution in [0.1, 0.15) is 40.5 Å². The van der Waals surface area contributed by atoms with E-state index in [1.807, 2.05) is 0 Å². The van der Waals surface area contributed by atoms with Gasteiger partial charge in [0.25, 0.3) is 0 Å². The second-order valence-electron chi connectivity index (χ2n) is 5.48. The average molecular weight is 198 g/mol. The van der Waals surface area contributed by atoms with Gasteiger partial charge in [-0.2, -0.15) is 0 Å². The fraction of sp³-hybridized carbons (Fsp3) is 1.00. The molecule has 0 saturated carbocycles. The number of hydrogen-bond donors (Lipinski definition) is 1. The fourth-order valence-electron chi connectivity index (χ4n) is 2.11. The van der Waals surface area contributed by atoms with Crippen LogP contribution in [0.25, 0.3) is 0 Å². The Morgan fingerprint density at radius 3 is 2.21 bits per heavy atom. The Morgan fingerprint density at radius 2 is 1.79 bits per heavy atom. The van der Waals surface area contributed by atoms with Crippen molar-refractivity contribution in [2.24, 2.45) is 5.41 Å².